The fourth-order valence-electron chi connectivity index (χ4n) is 11.7. The summed E-state index contributed by atoms with van der Waals surface area (Å²) in [5.74, 6) is 6.63. The largest absolute Gasteiger partial charge is 2.00 e. The molecule has 11 rings (SSSR count). The second kappa shape index (κ2) is 29.5. The van der Waals surface area contributed by atoms with Gasteiger partial charge >= 0.3 is 85.5 Å². The molecule has 0 spiro atoms. The number of hydrogen-bond donors (Lipinski definition) is 2. The Hall–Kier alpha value is -8.80. The number of quaternary nitrogens is 2. The third-order valence-electron chi connectivity index (χ3n) is 17.0. The summed E-state index contributed by atoms with van der Waals surface area (Å²) < 4.78 is 130. The smallest absolute Gasteiger partial charge is 2.00 e. The van der Waals surface area contributed by atoms with E-state index >= 15 is 0 Å². The van der Waals surface area contributed by atoms with Crippen LogP contribution in [0.3, 0.4) is 0 Å². The average Bonchev–Trinajstić information content (AvgIpc) is 1.60. The molecule has 0 fully saturated rings. The molecule has 0 atom stereocenters. The number of fused-ring (bicyclic) bond motifs is 8. The number of benzene rings is 6. The quantitative estimate of drug-likeness (QED) is 0.0432. The second-order valence-electron chi connectivity index (χ2n) is 29.9. The molecule has 3 aromatic heterocycles. The molecule has 4 N–H and O–H groups in total. The monoisotopic (exact) mass is 1540 g/mol. The molecule has 0 saturated heterocycles. The van der Waals surface area contributed by atoms with Crippen LogP contribution in [0.2, 0.25) is 0 Å². The predicted molar refractivity (Wildman–Crippen MR) is 401 cm³/mol. The molecule has 23 heteroatoms. The summed E-state index contributed by atoms with van der Waals surface area (Å²) in [6.45, 7) is 31.3. The molecule has 6 aromatic carbocycles. The van der Waals surface area contributed by atoms with Gasteiger partial charge in [-0.25, -0.2) is 9.97 Å². The summed E-state index contributed by atoms with van der Waals surface area (Å²) in [6.07, 6.45) is 19.5. The van der Waals surface area contributed by atoms with E-state index in [1.165, 1.54) is 44.5 Å². The molecule has 8 bridgehead atoms. The van der Waals surface area contributed by atoms with Gasteiger partial charge < -0.3 is 30.1 Å². The summed E-state index contributed by atoms with van der Waals surface area (Å²) in [5.41, 5.74) is 24.0. The number of halogens is 12. The van der Waals surface area contributed by atoms with Gasteiger partial charge in [-0.2, -0.15) is 0 Å². The summed E-state index contributed by atoms with van der Waals surface area (Å²) >= 11 is 0. The number of aromatic nitrogens is 4. The Balaban J connectivity index is 0.000000845. The molecule has 2 aliphatic rings. The minimum absolute atomic E-state index is 0. The van der Waals surface area contributed by atoms with Crippen molar-refractivity contribution < 1.29 is 89.9 Å². The van der Waals surface area contributed by atoms with E-state index in [4.69, 9.17) is 42.3 Å². The topological polar surface area (TPSA) is 106 Å². The molecule has 2 aliphatic heterocycles. The van der Waals surface area contributed by atoms with Crippen LogP contribution in [0.5, 0.6) is 11.5 Å². The molecule has 0 radical (unpaired) electrons. The Bertz CT molecular complexity index is 4590. The fourth-order valence-corrected chi connectivity index (χ4v) is 11.7. The Morgan fingerprint density at radius 3 is 0.781 bits per heavy atom. The van der Waals surface area contributed by atoms with Crippen LogP contribution < -0.4 is 30.1 Å². The van der Waals surface area contributed by atoms with Crippen molar-refractivity contribution in [1.82, 2.24) is 19.9 Å². The summed E-state index contributed by atoms with van der Waals surface area (Å²) in [6, 6.07) is 57.1. The fraction of sp³-hybridized carbons (Fsp3) is 0.268. The van der Waals surface area contributed by atoms with E-state index in [0.717, 1.165) is 127 Å². The van der Waals surface area contributed by atoms with Crippen LogP contribution >= 0.6 is 15.6 Å². The minimum atomic E-state index is -10.7. The third kappa shape index (κ3) is 24.6. The van der Waals surface area contributed by atoms with Crippen molar-refractivity contribution in [1.29, 1.82) is 0 Å². The normalized spacial score (nSPS) is 13.8. The Kier molecular flexibility index (Phi) is 23.0. The van der Waals surface area contributed by atoms with Gasteiger partial charge in [-0.15, -0.1) is 34.9 Å². The molecular weight excluding hydrogens is 1460 g/mol. The van der Waals surface area contributed by atoms with Gasteiger partial charge in [0.25, 0.3) is 0 Å². The van der Waals surface area contributed by atoms with E-state index in [9.17, 15) is 50.4 Å². The van der Waals surface area contributed by atoms with Gasteiger partial charge in [0.05, 0.1) is 22.8 Å². The zero-order valence-electron chi connectivity index (χ0n) is 60.6. The minimum Gasteiger partial charge on any atom is 2.00 e. The number of terminal acetylenes is 2. The zero-order valence-corrected chi connectivity index (χ0v) is 65.4. The third-order valence-corrected chi connectivity index (χ3v) is 17.0. The first-order chi connectivity index (χ1) is 47.9. The van der Waals surface area contributed by atoms with E-state index in [-0.39, 0.29) is 54.4 Å². The van der Waals surface area contributed by atoms with Gasteiger partial charge in [0.1, 0.15) is 50.9 Å². The van der Waals surface area contributed by atoms with Gasteiger partial charge in [0, 0.05) is 22.3 Å². The summed E-state index contributed by atoms with van der Waals surface area (Å²) in [7, 11) is -21.3. The average molecular weight is 1540 g/mol. The molecule has 0 saturated carbocycles. The molecule has 550 valence electrons. The number of rotatable bonds is 16. The number of nitrogens with two attached hydrogens (primary N) is 2. The molecular formula is C82H84F12N6O2P2Zn. The second-order valence-corrected chi connectivity index (χ2v) is 33.8. The Morgan fingerprint density at radius 2 is 0.562 bits per heavy atom. The molecule has 8 nitrogen and oxygen atoms in total. The van der Waals surface area contributed by atoms with Gasteiger partial charge in [-0.3, -0.25) is 0 Å². The van der Waals surface area contributed by atoms with Crippen LogP contribution in [-0.2, 0) is 67.3 Å². The standard InChI is InChI=1S/C82H82N6O2.2F6P.Zn/c1-15-41-89-65-29-21-55(22-30-65)51-83-49-53-17-25-57(26-18-53)75-67-33-37-71(85-67)77(59-43-61(79(3,4)5)47-62(44-59)80(6,7)8)73-39-35-69(87-73)76(58-27-19-54(20-28-58)50-84-52-56-23-31-66(32-24-56)90-42-16-2)70-36-40-74(88-70)78(72-38-34-68(75)86-72)60-45-63(81(9,10)11)48-64(46-60)82(12,13)14;2*1-7(2,3,4,5)6;/h1-2,17-40,43-48,83-84H,41-42,49-52H2,3-14H3;;;/q-2;2*-1;+2/p+2. The first-order valence-electron chi connectivity index (χ1n) is 33.5. The van der Waals surface area contributed by atoms with Crippen molar-refractivity contribution in [3.8, 4) is 80.7 Å². The van der Waals surface area contributed by atoms with Crippen LogP contribution in [0.4, 0.5) is 50.4 Å². The molecule has 0 aliphatic carbocycles. The van der Waals surface area contributed by atoms with Crippen molar-refractivity contribution in [3.05, 3.63) is 225 Å². The zero-order chi connectivity index (χ0) is 76.4. The van der Waals surface area contributed by atoms with Crippen LogP contribution in [-0.4, -0.2) is 23.2 Å². The van der Waals surface area contributed by atoms with Crippen molar-refractivity contribution in [2.75, 3.05) is 13.2 Å². The van der Waals surface area contributed by atoms with Gasteiger partial charge in [0.15, 0.2) is 0 Å². The number of ether oxygens (including phenoxy) is 2. The SMILES string of the molecule is C#CCOc1ccc(C[NH2+]Cc2ccc(-c3c4nc(c(-c5cc(C(C)(C)C)cc(C(C)(C)C)c5)c5ccc([n-]5)c(-c5ccc(C[NH2+]Cc6ccc(OCC#C)cc6)cc5)c5nc(c(-c6cc(C(C)(C)C)cc(C(C)(C)C)c6)c6ccc3[n-]6)C=C5)C=C4)cc2)cc1.F[P-](F)(F)(F)(F)F.F[P-](F)(F)(F)(F)F.[Zn+2]. The maximum absolute atomic E-state index is 10.7. The number of hydrogen-bond acceptors (Lipinski definition) is 4. The Morgan fingerprint density at radius 1 is 0.343 bits per heavy atom. The van der Waals surface area contributed by atoms with Crippen LogP contribution in [0.1, 0.15) is 150 Å². The molecule has 0 unspecified atom stereocenters. The van der Waals surface area contributed by atoms with Crippen LogP contribution in [0.25, 0.3) is 90.9 Å². The summed E-state index contributed by atoms with van der Waals surface area (Å²) in [5, 5.41) is 4.64. The maximum Gasteiger partial charge on any atom is 2.00 e. The van der Waals surface area contributed by atoms with E-state index in [0.29, 0.717) is 0 Å². The van der Waals surface area contributed by atoms with Gasteiger partial charge in [0.2, 0.25) is 0 Å². The maximum atomic E-state index is 9.87. The van der Waals surface area contributed by atoms with E-state index in [2.05, 4.69) is 263 Å². The first-order valence-corrected chi connectivity index (χ1v) is 37.6. The van der Waals surface area contributed by atoms with Crippen molar-refractivity contribution in [3.63, 3.8) is 0 Å². The van der Waals surface area contributed by atoms with Crippen LogP contribution in [0.15, 0.2) is 158 Å². The van der Waals surface area contributed by atoms with Crippen molar-refractivity contribution >= 4 is 62.0 Å². The van der Waals surface area contributed by atoms with E-state index < -0.39 is 15.6 Å². The van der Waals surface area contributed by atoms with E-state index in [1.54, 1.807) is 0 Å². The number of nitrogens with zero attached hydrogens (tertiary/aromatic N) is 4. The van der Waals surface area contributed by atoms with Gasteiger partial charge in [-0.05, 0) is 161 Å². The summed E-state index contributed by atoms with van der Waals surface area (Å²) in [4.78, 5) is 22.9. The van der Waals surface area contributed by atoms with Crippen LogP contribution in [0, 0.1) is 24.7 Å². The first kappa shape index (κ1) is 81.9. The van der Waals surface area contributed by atoms with E-state index in [1.807, 2.05) is 24.3 Å². The van der Waals surface area contributed by atoms with Crippen molar-refractivity contribution in [2.45, 2.75) is 131 Å². The predicted octanol–water partition coefficient (Wildman–Crippen LogP) is 23.1. The molecule has 0 amide bonds. The van der Waals surface area contributed by atoms with Crippen molar-refractivity contribution in [2.24, 2.45) is 0 Å². The Labute approximate surface area is 618 Å². The van der Waals surface area contributed by atoms with Gasteiger partial charge in [-0.1, -0.05) is 204 Å². The molecule has 5 heterocycles. The molecule has 9 aromatic rings. The molecule has 105 heavy (non-hydrogen) atoms.